The summed E-state index contributed by atoms with van der Waals surface area (Å²) in [5, 5.41) is 0. The zero-order chi connectivity index (χ0) is 14.8. The molecule has 1 atom stereocenters. The zero-order valence-corrected chi connectivity index (χ0v) is 9.77. The predicted octanol–water partition coefficient (Wildman–Crippen LogP) is 3.45. The van der Waals surface area contributed by atoms with E-state index >= 15 is 0 Å². The van der Waals surface area contributed by atoms with Gasteiger partial charge in [-0.05, 0) is 25.1 Å². The number of nitrogens with two attached hydrogens (primary N) is 1. The second kappa shape index (κ2) is 5.28. The van der Waals surface area contributed by atoms with Gasteiger partial charge in [-0.25, -0.2) is 0 Å². The maximum absolute atomic E-state index is 12.5. The molecule has 1 aromatic rings. The summed E-state index contributed by atoms with van der Waals surface area (Å²) in [6.07, 6.45) is -10.5. The van der Waals surface area contributed by atoms with Crippen LogP contribution in [0, 0.1) is 0 Å². The van der Waals surface area contributed by atoms with Gasteiger partial charge >= 0.3 is 12.4 Å². The summed E-state index contributed by atoms with van der Waals surface area (Å²) < 4.78 is 80.0. The van der Waals surface area contributed by atoms with E-state index in [1.54, 1.807) is 0 Å². The Morgan fingerprint density at radius 1 is 1.00 bits per heavy atom. The molecule has 2 N–H and O–H groups in total. The molecule has 2 nitrogen and oxygen atoms in total. The van der Waals surface area contributed by atoms with Gasteiger partial charge in [-0.1, -0.05) is 0 Å². The van der Waals surface area contributed by atoms with Gasteiger partial charge in [0, 0.05) is 6.54 Å². The minimum absolute atomic E-state index is 0.0302. The fourth-order valence-corrected chi connectivity index (χ4v) is 1.27. The lowest BCUT2D eigenvalue weighted by atomic mass is 10.1. The smallest absolute Gasteiger partial charge is 0.416 e. The molecule has 19 heavy (non-hydrogen) atoms. The Labute approximate surface area is 105 Å². The molecule has 0 aliphatic heterocycles. The van der Waals surface area contributed by atoms with Crippen LogP contribution in [0.5, 0.6) is 5.75 Å². The highest BCUT2D eigenvalue weighted by molar-refractivity contribution is 5.37. The topological polar surface area (TPSA) is 35.2 Å². The molecule has 0 saturated heterocycles. The number of hydrogen-bond acceptors (Lipinski definition) is 2. The lowest BCUT2D eigenvalue weighted by molar-refractivity contribution is -0.143. The number of hydrogen-bond donors (Lipinski definition) is 1. The van der Waals surface area contributed by atoms with Gasteiger partial charge in [0.2, 0.25) is 0 Å². The van der Waals surface area contributed by atoms with Gasteiger partial charge < -0.3 is 10.5 Å². The third-order valence-corrected chi connectivity index (χ3v) is 2.23. The monoisotopic (exact) mass is 287 g/mol. The van der Waals surface area contributed by atoms with E-state index in [2.05, 4.69) is 0 Å². The molecule has 0 spiro atoms. The molecule has 0 fully saturated rings. The Hall–Kier alpha value is -1.44. The lowest BCUT2D eigenvalue weighted by Crippen LogP contribution is -2.23. The number of rotatable bonds is 3. The average molecular weight is 287 g/mol. The second-order valence-corrected chi connectivity index (χ2v) is 3.91. The molecule has 0 radical (unpaired) electrons. The van der Waals surface area contributed by atoms with Crippen molar-refractivity contribution in [1.82, 2.24) is 0 Å². The van der Waals surface area contributed by atoms with Crippen LogP contribution in [0.15, 0.2) is 18.2 Å². The van der Waals surface area contributed by atoms with E-state index < -0.39 is 35.3 Å². The first-order valence-corrected chi connectivity index (χ1v) is 5.20. The summed E-state index contributed by atoms with van der Waals surface area (Å²) in [4.78, 5) is 0. The summed E-state index contributed by atoms with van der Waals surface area (Å²) in [6, 6.07) is 1.07. The van der Waals surface area contributed by atoms with Gasteiger partial charge in [-0.3, -0.25) is 0 Å². The molecule has 1 aromatic carbocycles. The van der Waals surface area contributed by atoms with Gasteiger partial charge in [-0.15, -0.1) is 0 Å². The van der Waals surface area contributed by atoms with E-state index in [0.29, 0.717) is 12.1 Å². The summed E-state index contributed by atoms with van der Waals surface area (Å²) in [5.41, 5.74) is 2.37. The first-order valence-electron chi connectivity index (χ1n) is 5.20. The van der Waals surface area contributed by atoms with E-state index in [4.69, 9.17) is 10.5 Å². The lowest BCUT2D eigenvalue weighted by Gasteiger charge is -2.17. The van der Waals surface area contributed by atoms with E-state index in [9.17, 15) is 26.3 Å². The first kappa shape index (κ1) is 15.6. The molecular formula is C11H11F6NO. The number of halogens is 6. The van der Waals surface area contributed by atoms with Crippen molar-refractivity contribution < 1.29 is 31.1 Å². The Bertz CT molecular complexity index is 408. The fraction of sp³-hybridized carbons (Fsp3) is 0.455. The van der Waals surface area contributed by atoms with Crippen LogP contribution < -0.4 is 10.5 Å². The molecule has 0 aromatic heterocycles. The van der Waals surface area contributed by atoms with Crippen molar-refractivity contribution in [2.24, 2.45) is 5.73 Å². The highest BCUT2D eigenvalue weighted by atomic mass is 19.4. The number of alkyl halides is 6. The minimum atomic E-state index is -4.88. The van der Waals surface area contributed by atoms with Crippen LogP contribution in [0.25, 0.3) is 0 Å². The molecular weight excluding hydrogens is 276 g/mol. The zero-order valence-electron chi connectivity index (χ0n) is 9.77. The van der Waals surface area contributed by atoms with Crippen LogP contribution in [0.2, 0.25) is 0 Å². The fourth-order valence-electron chi connectivity index (χ4n) is 1.27. The minimum Gasteiger partial charge on any atom is -0.489 e. The van der Waals surface area contributed by atoms with E-state index in [-0.39, 0.29) is 12.6 Å². The van der Waals surface area contributed by atoms with Crippen LogP contribution in [-0.2, 0) is 12.4 Å². The van der Waals surface area contributed by atoms with Crippen molar-refractivity contribution >= 4 is 0 Å². The summed E-state index contributed by atoms with van der Waals surface area (Å²) in [7, 11) is 0. The molecule has 0 amide bonds. The number of benzene rings is 1. The van der Waals surface area contributed by atoms with E-state index in [0.717, 1.165) is 0 Å². The molecule has 0 saturated carbocycles. The average Bonchev–Trinajstić information content (AvgIpc) is 2.26. The van der Waals surface area contributed by atoms with Crippen LogP contribution in [-0.4, -0.2) is 12.6 Å². The normalized spacial score (nSPS) is 14.3. The Kier molecular flexibility index (Phi) is 4.34. The quantitative estimate of drug-likeness (QED) is 0.864. The molecule has 1 unspecified atom stereocenters. The van der Waals surface area contributed by atoms with Crippen molar-refractivity contribution in [3.63, 3.8) is 0 Å². The molecule has 0 bridgehead atoms. The standard InChI is InChI=1S/C11H11F6NO/c1-6(5-18)19-9-3-7(10(12,13)14)2-8(4-9)11(15,16)17/h2-4,6H,5,18H2,1H3. The summed E-state index contributed by atoms with van der Waals surface area (Å²) in [5.74, 6) is -0.514. The van der Waals surface area contributed by atoms with Gasteiger partial charge in [0.15, 0.2) is 0 Å². The van der Waals surface area contributed by atoms with Crippen molar-refractivity contribution in [3.8, 4) is 5.75 Å². The van der Waals surface area contributed by atoms with Gasteiger partial charge in [0.05, 0.1) is 11.1 Å². The molecule has 1 rings (SSSR count). The van der Waals surface area contributed by atoms with Crippen LogP contribution >= 0.6 is 0 Å². The van der Waals surface area contributed by atoms with Crippen LogP contribution in [0.1, 0.15) is 18.1 Å². The van der Waals surface area contributed by atoms with Gasteiger partial charge in [0.25, 0.3) is 0 Å². The summed E-state index contributed by atoms with van der Waals surface area (Å²) >= 11 is 0. The second-order valence-electron chi connectivity index (χ2n) is 3.91. The van der Waals surface area contributed by atoms with Crippen molar-refractivity contribution in [3.05, 3.63) is 29.3 Å². The third kappa shape index (κ3) is 4.30. The van der Waals surface area contributed by atoms with Crippen molar-refractivity contribution in [2.45, 2.75) is 25.4 Å². The van der Waals surface area contributed by atoms with Gasteiger partial charge in [0.1, 0.15) is 11.9 Å². The van der Waals surface area contributed by atoms with Crippen molar-refractivity contribution in [2.75, 3.05) is 6.54 Å². The predicted molar refractivity (Wildman–Crippen MR) is 55.6 cm³/mol. The maximum Gasteiger partial charge on any atom is 0.416 e. The Morgan fingerprint density at radius 3 is 1.74 bits per heavy atom. The van der Waals surface area contributed by atoms with Crippen LogP contribution in [0.4, 0.5) is 26.3 Å². The molecule has 108 valence electrons. The highest BCUT2D eigenvalue weighted by Crippen LogP contribution is 2.38. The highest BCUT2D eigenvalue weighted by Gasteiger charge is 2.37. The SMILES string of the molecule is CC(CN)Oc1cc(C(F)(F)F)cc(C(F)(F)F)c1. The Balaban J connectivity index is 3.25. The number of ether oxygens (including phenoxy) is 1. The molecule has 0 aliphatic carbocycles. The molecule has 8 heteroatoms. The maximum atomic E-state index is 12.5. The largest absolute Gasteiger partial charge is 0.489 e. The third-order valence-electron chi connectivity index (χ3n) is 2.23. The Morgan fingerprint density at radius 2 is 1.42 bits per heavy atom. The van der Waals surface area contributed by atoms with Crippen molar-refractivity contribution in [1.29, 1.82) is 0 Å². The molecule has 0 aliphatic rings. The van der Waals surface area contributed by atoms with Gasteiger partial charge in [-0.2, -0.15) is 26.3 Å². The summed E-state index contributed by atoms with van der Waals surface area (Å²) in [6.45, 7) is 1.41. The van der Waals surface area contributed by atoms with E-state index in [1.165, 1.54) is 6.92 Å². The van der Waals surface area contributed by atoms with Crippen LogP contribution in [0.3, 0.4) is 0 Å². The first-order chi connectivity index (χ1) is 8.54. The molecule has 0 heterocycles. The van der Waals surface area contributed by atoms with E-state index in [1.807, 2.05) is 0 Å².